The number of hydrogen-bond donors (Lipinski definition) is 1. The molecule has 1 aliphatic carbocycles. The predicted molar refractivity (Wildman–Crippen MR) is 140 cm³/mol. The third kappa shape index (κ3) is 5.39. The molecule has 0 bridgehead atoms. The summed E-state index contributed by atoms with van der Waals surface area (Å²) in [4.78, 5) is 20.3. The van der Waals surface area contributed by atoms with Crippen molar-refractivity contribution in [3.63, 3.8) is 0 Å². The van der Waals surface area contributed by atoms with E-state index in [1.54, 1.807) is 11.3 Å². The number of nitrogens with two attached hydrogens (primary N) is 1. The second-order valence-electron chi connectivity index (χ2n) is 9.83. The Morgan fingerprint density at radius 2 is 1.92 bits per heavy atom. The van der Waals surface area contributed by atoms with E-state index in [0.717, 1.165) is 41.9 Å². The lowest BCUT2D eigenvalue weighted by molar-refractivity contribution is 0.0664. The van der Waals surface area contributed by atoms with Gasteiger partial charge in [-0.1, -0.05) is 49.2 Å². The van der Waals surface area contributed by atoms with Crippen LogP contribution < -0.4 is 5.73 Å². The van der Waals surface area contributed by atoms with Crippen LogP contribution in [-0.4, -0.2) is 32.0 Å². The van der Waals surface area contributed by atoms with Gasteiger partial charge in [0.2, 0.25) is 11.8 Å². The topological polar surface area (TPSA) is 98.1 Å². The summed E-state index contributed by atoms with van der Waals surface area (Å²) in [6, 6.07) is 17.7. The number of benzene rings is 2. The number of rotatable bonds is 8. The monoisotopic (exact) mass is 501 g/mol. The van der Waals surface area contributed by atoms with Crippen molar-refractivity contribution in [2.24, 2.45) is 5.73 Å². The fourth-order valence-electron chi connectivity index (χ4n) is 4.82. The molecule has 36 heavy (non-hydrogen) atoms. The molecule has 2 aromatic carbocycles. The molecule has 1 aliphatic rings. The first-order valence-electron chi connectivity index (χ1n) is 12.4. The van der Waals surface area contributed by atoms with Crippen molar-refractivity contribution >= 4 is 17.2 Å². The van der Waals surface area contributed by atoms with Crippen LogP contribution in [0.5, 0.6) is 0 Å². The molecule has 5 rings (SSSR count). The lowest BCUT2D eigenvalue weighted by atomic mass is 9.94. The van der Waals surface area contributed by atoms with Crippen molar-refractivity contribution in [2.75, 3.05) is 0 Å². The summed E-state index contributed by atoms with van der Waals surface area (Å²) in [7, 11) is 0. The maximum absolute atomic E-state index is 13.7. The zero-order chi connectivity index (χ0) is 25.1. The number of hydrogen-bond acceptors (Lipinski definition) is 7. The minimum Gasteiger partial charge on any atom is -0.419 e. The zero-order valence-electron chi connectivity index (χ0n) is 20.7. The molecule has 0 spiro atoms. The van der Waals surface area contributed by atoms with E-state index in [-0.39, 0.29) is 11.9 Å². The molecule has 0 aliphatic heterocycles. The summed E-state index contributed by atoms with van der Waals surface area (Å²) in [6.07, 6.45) is 4.92. The van der Waals surface area contributed by atoms with Crippen LogP contribution in [0.4, 0.5) is 0 Å². The lowest BCUT2D eigenvalue weighted by Gasteiger charge is -2.28. The Balaban J connectivity index is 1.37. The highest BCUT2D eigenvalue weighted by Gasteiger charge is 2.30. The van der Waals surface area contributed by atoms with Crippen LogP contribution in [-0.2, 0) is 18.5 Å². The quantitative estimate of drug-likeness (QED) is 0.342. The van der Waals surface area contributed by atoms with Crippen LogP contribution in [0.25, 0.3) is 11.5 Å². The van der Waals surface area contributed by atoms with Crippen LogP contribution in [0.3, 0.4) is 0 Å². The van der Waals surface area contributed by atoms with Crippen LogP contribution in [0, 0.1) is 6.92 Å². The first-order valence-corrected chi connectivity index (χ1v) is 13.3. The van der Waals surface area contributed by atoms with Crippen LogP contribution in [0.15, 0.2) is 64.4 Å². The van der Waals surface area contributed by atoms with Gasteiger partial charge in [-0.25, -0.2) is 4.98 Å². The molecule has 1 amide bonds. The van der Waals surface area contributed by atoms with E-state index in [0.29, 0.717) is 35.9 Å². The standard InChI is InChI=1S/C28H31N5O2S/c1-19-18-36-24(30-19)17-33(23-13-6-7-14-23)26(34)22-12-8-11-21(15-22)25-31-32-27(35-25)28(2,29)16-20-9-4-3-5-10-20/h3-5,8-12,15,18,23H,6-7,13-14,16-17,29H2,1-2H3/t28-/m1/s1. The fourth-order valence-corrected chi connectivity index (χ4v) is 5.59. The molecule has 4 aromatic rings. The molecule has 0 unspecified atom stereocenters. The van der Waals surface area contributed by atoms with Crippen LogP contribution >= 0.6 is 11.3 Å². The Bertz CT molecular complexity index is 1320. The van der Waals surface area contributed by atoms with Gasteiger partial charge in [0.1, 0.15) is 5.01 Å². The fraction of sp³-hybridized carbons (Fsp3) is 0.357. The van der Waals surface area contributed by atoms with E-state index in [4.69, 9.17) is 10.2 Å². The summed E-state index contributed by atoms with van der Waals surface area (Å²) in [5.41, 5.74) is 9.14. The van der Waals surface area contributed by atoms with E-state index < -0.39 is 5.54 Å². The van der Waals surface area contributed by atoms with Gasteiger partial charge in [-0.15, -0.1) is 21.5 Å². The smallest absolute Gasteiger partial charge is 0.254 e. The first-order chi connectivity index (χ1) is 17.4. The van der Waals surface area contributed by atoms with E-state index in [9.17, 15) is 4.79 Å². The Morgan fingerprint density at radius 1 is 1.14 bits per heavy atom. The van der Waals surface area contributed by atoms with E-state index in [2.05, 4.69) is 15.2 Å². The Hall–Kier alpha value is -3.36. The van der Waals surface area contributed by atoms with Gasteiger partial charge < -0.3 is 15.1 Å². The second kappa shape index (κ2) is 10.3. The molecule has 2 aromatic heterocycles. The average molecular weight is 502 g/mol. The van der Waals surface area contributed by atoms with Crippen LogP contribution in [0.2, 0.25) is 0 Å². The number of carbonyl (C=O) groups excluding carboxylic acids is 1. The molecule has 7 nitrogen and oxygen atoms in total. The molecular weight excluding hydrogens is 470 g/mol. The summed E-state index contributed by atoms with van der Waals surface area (Å²) in [6.45, 7) is 4.40. The molecule has 1 saturated carbocycles. The number of nitrogens with zero attached hydrogens (tertiary/aromatic N) is 4. The highest BCUT2D eigenvalue weighted by atomic mass is 32.1. The molecule has 1 atom stereocenters. The number of thiazole rings is 1. The molecule has 2 N–H and O–H groups in total. The summed E-state index contributed by atoms with van der Waals surface area (Å²) in [5.74, 6) is 0.723. The Labute approximate surface area is 215 Å². The highest BCUT2D eigenvalue weighted by Crippen LogP contribution is 2.29. The second-order valence-corrected chi connectivity index (χ2v) is 10.8. The largest absolute Gasteiger partial charge is 0.419 e. The molecule has 2 heterocycles. The zero-order valence-corrected chi connectivity index (χ0v) is 21.5. The highest BCUT2D eigenvalue weighted by molar-refractivity contribution is 7.09. The predicted octanol–water partition coefficient (Wildman–Crippen LogP) is 5.50. The third-order valence-corrected chi connectivity index (χ3v) is 7.63. The van der Waals surface area contributed by atoms with Crippen molar-refractivity contribution in [1.82, 2.24) is 20.1 Å². The first kappa shape index (κ1) is 24.3. The SMILES string of the molecule is Cc1csc(CN(C(=O)c2cccc(-c3nnc([C@](C)(N)Cc4ccccc4)o3)c2)C2CCCC2)n1. The van der Waals surface area contributed by atoms with Crippen molar-refractivity contribution in [1.29, 1.82) is 0 Å². The van der Waals surface area contributed by atoms with Gasteiger partial charge in [0, 0.05) is 28.2 Å². The van der Waals surface area contributed by atoms with E-state index in [1.807, 2.05) is 78.7 Å². The van der Waals surface area contributed by atoms with Gasteiger partial charge in [0.15, 0.2) is 0 Å². The van der Waals surface area contributed by atoms with Gasteiger partial charge in [-0.05, 0) is 56.9 Å². The third-order valence-electron chi connectivity index (χ3n) is 6.68. The maximum Gasteiger partial charge on any atom is 0.254 e. The number of aromatic nitrogens is 3. The Morgan fingerprint density at radius 3 is 2.64 bits per heavy atom. The van der Waals surface area contributed by atoms with Crippen molar-refractivity contribution in [3.05, 3.63) is 87.7 Å². The van der Waals surface area contributed by atoms with E-state index in [1.165, 1.54) is 0 Å². The van der Waals surface area contributed by atoms with Gasteiger partial charge >= 0.3 is 0 Å². The number of aryl methyl sites for hydroxylation is 1. The summed E-state index contributed by atoms with van der Waals surface area (Å²) in [5, 5.41) is 11.5. The van der Waals surface area contributed by atoms with Crippen molar-refractivity contribution < 1.29 is 9.21 Å². The van der Waals surface area contributed by atoms with Crippen molar-refractivity contribution in [3.8, 4) is 11.5 Å². The molecule has 0 saturated heterocycles. The minimum absolute atomic E-state index is 0.00378. The summed E-state index contributed by atoms with van der Waals surface area (Å²) < 4.78 is 6.02. The Kier molecular flexibility index (Phi) is 6.98. The van der Waals surface area contributed by atoms with Gasteiger partial charge in [-0.3, -0.25) is 4.79 Å². The average Bonchev–Trinajstić information content (AvgIpc) is 3.65. The number of amides is 1. The molecular formula is C28H31N5O2S. The van der Waals surface area contributed by atoms with E-state index >= 15 is 0 Å². The van der Waals surface area contributed by atoms with Gasteiger partial charge in [0.25, 0.3) is 5.91 Å². The molecule has 186 valence electrons. The summed E-state index contributed by atoms with van der Waals surface area (Å²) >= 11 is 1.60. The normalized spacial score (nSPS) is 15.6. The lowest BCUT2D eigenvalue weighted by Crippen LogP contribution is -2.38. The van der Waals surface area contributed by atoms with Gasteiger partial charge in [-0.2, -0.15) is 0 Å². The molecule has 0 radical (unpaired) electrons. The van der Waals surface area contributed by atoms with Crippen molar-refractivity contribution in [2.45, 2.75) is 64.1 Å². The number of carbonyl (C=O) groups is 1. The van der Waals surface area contributed by atoms with Crippen LogP contribution in [0.1, 0.15) is 65.1 Å². The molecule has 1 fully saturated rings. The van der Waals surface area contributed by atoms with Gasteiger partial charge in [0.05, 0.1) is 12.1 Å². The maximum atomic E-state index is 13.7. The molecule has 8 heteroatoms. The minimum atomic E-state index is -0.814.